The minimum absolute atomic E-state index is 0. The first-order valence-corrected chi connectivity index (χ1v) is 10.6. The van der Waals surface area contributed by atoms with Crippen molar-refractivity contribution in [2.45, 2.75) is 145 Å². The fourth-order valence-electron chi connectivity index (χ4n) is 1.63. The van der Waals surface area contributed by atoms with Crippen molar-refractivity contribution in [2.75, 3.05) is 0 Å². The molecule has 26 heavy (non-hydrogen) atoms. The molecule has 0 heterocycles. The van der Waals surface area contributed by atoms with E-state index in [4.69, 9.17) is 22.9 Å². The molecule has 0 bridgehead atoms. The Bertz CT molecular complexity index is 183. The third-order valence-electron chi connectivity index (χ3n) is 3.40. The molecule has 0 fully saturated rings. The lowest BCUT2D eigenvalue weighted by Gasteiger charge is -2.01. The van der Waals surface area contributed by atoms with Gasteiger partial charge in [0.2, 0.25) is 0 Å². The fraction of sp³-hybridized carbons (Fsp3) is 1.00. The van der Waals surface area contributed by atoms with Crippen molar-refractivity contribution in [1.82, 2.24) is 0 Å². The molecule has 0 radical (unpaired) electrons. The SMILES string of the molecule is C.CCC(C)N.CCCC(C)N.CCCC(C)N.CCCCCC(C)N. The van der Waals surface area contributed by atoms with E-state index >= 15 is 0 Å². The van der Waals surface area contributed by atoms with Gasteiger partial charge < -0.3 is 22.9 Å². The highest BCUT2D eigenvalue weighted by molar-refractivity contribution is 4.51. The van der Waals surface area contributed by atoms with E-state index < -0.39 is 0 Å². The largest absolute Gasteiger partial charge is 0.328 e. The number of hydrogen-bond acceptors (Lipinski definition) is 4. The van der Waals surface area contributed by atoms with E-state index in [1.807, 2.05) is 20.8 Å². The first-order chi connectivity index (χ1) is 11.6. The predicted octanol–water partition coefficient (Wildman–Crippen LogP) is 5.56. The van der Waals surface area contributed by atoms with E-state index in [1.165, 1.54) is 38.5 Å². The zero-order valence-corrected chi connectivity index (χ0v) is 19.0. The van der Waals surface area contributed by atoms with E-state index in [0.29, 0.717) is 24.2 Å². The maximum absolute atomic E-state index is 5.53. The summed E-state index contributed by atoms with van der Waals surface area (Å²) < 4.78 is 0. The van der Waals surface area contributed by atoms with Crippen LogP contribution in [0.15, 0.2) is 0 Å². The highest BCUT2D eigenvalue weighted by Crippen LogP contribution is 1.99. The Kier molecular flexibility index (Phi) is 45.9. The van der Waals surface area contributed by atoms with Gasteiger partial charge in [0.1, 0.15) is 0 Å². The molecule has 0 aromatic carbocycles. The second kappa shape index (κ2) is 32.5. The molecule has 0 saturated carbocycles. The predicted molar refractivity (Wildman–Crippen MR) is 126 cm³/mol. The van der Waals surface area contributed by atoms with Gasteiger partial charge in [0, 0.05) is 24.2 Å². The van der Waals surface area contributed by atoms with Crippen LogP contribution in [0, 0.1) is 0 Å². The van der Waals surface area contributed by atoms with E-state index in [-0.39, 0.29) is 7.43 Å². The second-order valence-corrected chi connectivity index (χ2v) is 7.39. The van der Waals surface area contributed by atoms with Crippen molar-refractivity contribution in [3.63, 3.8) is 0 Å². The lowest BCUT2D eigenvalue weighted by atomic mass is 10.1. The maximum atomic E-state index is 5.53. The average Bonchev–Trinajstić information content (AvgIpc) is 2.48. The van der Waals surface area contributed by atoms with Gasteiger partial charge in [-0.2, -0.15) is 0 Å². The molecule has 0 aliphatic carbocycles. The van der Waals surface area contributed by atoms with Crippen LogP contribution in [0.3, 0.4) is 0 Å². The van der Waals surface area contributed by atoms with Crippen LogP contribution >= 0.6 is 0 Å². The molecular formula is C22H58N4. The van der Waals surface area contributed by atoms with E-state index in [0.717, 1.165) is 19.3 Å². The third kappa shape index (κ3) is 75.4. The van der Waals surface area contributed by atoms with Crippen molar-refractivity contribution in [2.24, 2.45) is 22.9 Å². The van der Waals surface area contributed by atoms with Gasteiger partial charge in [-0.25, -0.2) is 0 Å². The number of hydrogen-bond donors (Lipinski definition) is 4. The van der Waals surface area contributed by atoms with Gasteiger partial charge in [0.15, 0.2) is 0 Å². The number of rotatable bonds is 9. The van der Waals surface area contributed by atoms with E-state index in [2.05, 4.69) is 34.6 Å². The normalized spacial score (nSPS) is 13.8. The molecule has 0 aliphatic rings. The molecular weight excluding hydrogens is 320 g/mol. The van der Waals surface area contributed by atoms with Crippen LogP contribution in [0.2, 0.25) is 0 Å². The molecule has 4 atom stereocenters. The summed E-state index contributed by atoms with van der Waals surface area (Å²) in [6, 6.07) is 1.58. The fourth-order valence-corrected chi connectivity index (χ4v) is 1.63. The molecule has 0 aromatic rings. The summed E-state index contributed by atoms with van der Waals surface area (Å²) in [5.74, 6) is 0. The van der Waals surface area contributed by atoms with Crippen molar-refractivity contribution >= 4 is 0 Å². The second-order valence-electron chi connectivity index (χ2n) is 7.39. The summed E-state index contributed by atoms with van der Waals surface area (Å²) in [6.07, 6.45) is 10.9. The van der Waals surface area contributed by atoms with Crippen LogP contribution in [0.5, 0.6) is 0 Å². The van der Waals surface area contributed by atoms with Crippen molar-refractivity contribution < 1.29 is 0 Å². The summed E-state index contributed by atoms with van der Waals surface area (Å²) >= 11 is 0. The van der Waals surface area contributed by atoms with Crippen LogP contribution < -0.4 is 22.9 Å². The van der Waals surface area contributed by atoms with Gasteiger partial charge in [-0.3, -0.25) is 0 Å². The molecule has 0 amide bonds. The summed E-state index contributed by atoms with van der Waals surface area (Å²) in [4.78, 5) is 0. The molecule has 0 saturated heterocycles. The standard InChI is InChI=1S/C7H17N.2C5H13N.C4H11N.CH4/c1-3-4-5-6-7(2)8;2*1-3-4-5(2)6;1-3-4(2)5;/h7H,3-6,8H2,1-2H3;2*5H,3-4,6H2,1-2H3;4H,3,5H2,1-2H3;1H4. The molecule has 0 spiro atoms. The van der Waals surface area contributed by atoms with Gasteiger partial charge in [-0.15, -0.1) is 0 Å². The Morgan fingerprint density at radius 1 is 0.500 bits per heavy atom. The monoisotopic (exact) mass is 378 g/mol. The van der Waals surface area contributed by atoms with Crippen molar-refractivity contribution in [3.8, 4) is 0 Å². The van der Waals surface area contributed by atoms with Gasteiger partial charge in [0.25, 0.3) is 0 Å². The number of unbranched alkanes of at least 4 members (excludes halogenated alkanes) is 2. The summed E-state index contributed by atoms with van der Waals surface area (Å²) in [5.41, 5.74) is 21.6. The first-order valence-electron chi connectivity index (χ1n) is 10.6. The Morgan fingerprint density at radius 3 is 0.923 bits per heavy atom. The minimum Gasteiger partial charge on any atom is -0.328 e. The topological polar surface area (TPSA) is 104 Å². The van der Waals surface area contributed by atoms with Crippen LogP contribution in [-0.2, 0) is 0 Å². The Morgan fingerprint density at radius 2 is 0.808 bits per heavy atom. The smallest absolute Gasteiger partial charge is 0.00104 e. The Hall–Kier alpha value is -0.160. The zero-order chi connectivity index (χ0) is 20.7. The van der Waals surface area contributed by atoms with Crippen LogP contribution in [-0.4, -0.2) is 24.2 Å². The van der Waals surface area contributed by atoms with Gasteiger partial charge in [0.05, 0.1) is 0 Å². The van der Waals surface area contributed by atoms with Gasteiger partial charge in [-0.1, -0.05) is 67.2 Å². The summed E-state index contributed by atoms with van der Waals surface area (Å²) in [6.45, 7) is 16.7. The molecule has 166 valence electrons. The molecule has 0 aromatic heterocycles. The van der Waals surface area contributed by atoms with Crippen LogP contribution in [0.4, 0.5) is 0 Å². The van der Waals surface area contributed by atoms with Crippen molar-refractivity contribution in [1.29, 1.82) is 0 Å². The highest BCUT2D eigenvalue weighted by Gasteiger charge is 1.90. The molecule has 0 rings (SSSR count). The average molecular weight is 379 g/mol. The molecule has 0 aliphatic heterocycles. The van der Waals surface area contributed by atoms with Crippen LogP contribution in [0.25, 0.3) is 0 Å². The molecule has 4 unspecified atom stereocenters. The molecule has 8 N–H and O–H groups in total. The Labute approximate surface area is 168 Å². The summed E-state index contributed by atoms with van der Waals surface area (Å²) in [5, 5.41) is 0. The van der Waals surface area contributed by atoms with E-state index in [1.54, 1.807) is 0 Å². The quantitative estimate of drug-likeness (QED) is 0.394. The lowest BCUT2D eigenvalue weighted by Crippen LogP contribution is -2.13. The van der Waals surface area contributed by atoms with Gasteiger partial charge in [-0.05, 0) is 53.4 Å². The van der Waals surface area contributed by atoms with Gasteiger partial charge >= 0.3 is 0 Å². The third-order valence-corrected chi connectivity index (χ3v) is 3.40. The van der Waals surface area contributed by atoms with Crippen molar-refractivity contribution in [3.05, 3.63) is 0 Å². The Balaban J connectivity index is -0.0000000756. The molecule has 4 heteroatoms. The van der Waals surface area contributed by atoms with E-state index in [9.17, 15) is 0 Å². The maximum Gasteiger partial charge on any atom is 0.00104 e. The zero-order valence-electron chi connectivity index (χ0n) is 19.0. The highest BCUT2D eigenvalue weighted by atomic mass is 14.6. The lowest BCUT2D eigenvalue weighted by molar-refractivity contribution is 0.592. The first kappa shape index (κ1) is 36.7. The number of nitrogens with two attached hydrogens (primary N) is 4. The summed E-state index contributed by atoms with van der Waals surface area (Å²) in [7, 11) is 0. The van der Waals surface area contributed by atoms with Crippen LogP contribution in [0.1, 0.15) is 121 Å². The molecule has 4 nitrogen and oxygen atoms in total. The minimum atomic E-state index is 0.